The maximum atomic E-state index is 11.6. The van der Waals surface area contributed by atoms with Gasteiger partial charge in [0.05, 0.1) is 17.2 Å². The van der Waals surface area contributed by atoms with Crippen LogP contribution in [0, 0.1) is 0 Å². The highest BCUT2D eigenvalue weighted by atomic mass is 16.4. The van der Waals surface area contributed by atoms with Gasteiger partial charge >= 0.3 is 5.63 Å². The normalized spacial score (nSPS) is 15.2. The minimum atomic E-state index is -0.251. The lowest BCUT2D eigenvalue weighted by atomic mass is 9.91. The third-order valence-electron chi connectivity index (χ3n) is 3.03. The largest absolute Gasteiger partial charge is 0.431 e. The molecule has 0 spiro atoms. The maximum absolute atomic E-state index is 11.6. The number of hydrogen-bond donors (Lipinski definition) is 0. The fourth-order valence-corrected chi connectivity index (χ4v) is 2.30. The van der Waals surface area contributed by atoms with Crippen LogP contribution in [0.5, 0.6) is 0 Å². The number of aromatic nitrogens is 1. The molecular formula is C12H11NO2. The Bertz CT molecular complexity index is 571. The van der Waals surface area contributed by atoms with Crippen molar-refractivity contribution in [3.8, 4) is 0 Å². The van der Waals surface area contributed by atoms with Gasteiger partial charge in [-0.2, -0.15) is 0 Å². The van der Waals surface area contributed by atoms with Gasteiger partial charge in [0.2, 0.25) is 0 Å². The van der Waals surface area contributed by atoms with Crippen molar-refractivity contribution >= 4 is 10.9 Å². The first-order valence-corrected chi connectivity index (χ1v) is 5.24. The van der Waals surface area contributed by atoms with Crippen molar-refractivity contribution in [2.24, 2.45) is 0 Å². The summed E-state index contributed by atoms with van der Waals surface area (Å²) in [5.41, 5.74) is 2.87. The van der Waals surface area contributed by atoms with E-state index in [-0.39, 0.29) is 5.63 Å². The number of hydrogen-bond acceptors (Lipinski definition) is 3. The van der Waals surface area contributed by atoms with E-state index in [0.717, 1.165) is 30.3 Å². The van der Waals surface area contributed by atoms with Gasteiger partial charge in [-0.15, -0.1) is 0 Å². The van der Waals surface area contributed by atoms with E-state index in [2.05, 4.69) is 4.98 Å². The second kappa shape index (κ2) is 3.19. The first-order valence-electron chi connectivity index (χ1n) is 5.24. The molecular weight excluding hydrogens is 190 g/mol. The summed E-state index contributed by atoms with van der Waals surface area (Å²) < 4.78 is 4.91. The van der Waals surface area contributed by atoms with E-state index in [1.807, 2.05) is 6.20 Å². The Balaban J connectivity index is 2.44. The molecule has 0 saturated carbocycles. The van der Waals surface area contributed by atoms with Gasteiger partial charge in [-0.25, -0.2) is 4.79 Å². The van der Waals surface area contributed by atoms with Crippen molar-refractivity contribution in [3.63, 3.8) is 0 Å². The number of rotatable bonds is 0. The Morgan fingerprint density at radius 3 is 3.07 bits per heavy atom. The molecule has 0 aliphatic heterocycles. The van der Waals surface area contributed by atoms with E-state index in [1.165, 1.54) is 18.2 Å². The number of fused-ring (bicyclic) bond motifs is 3. The molecule has 0 bridgehead atoms. The molecule has 0 amide bonds. The zero-order chi connectivity index (χ0) is 10.3. The minimum Gasteiger partial charge on any atom is -0.431 e. The van der Waals surface area contributed by atoms with Crippen molar-refractivity contribution in [1.82, 2.24) is 4.98 Å². The molecule has 0 unspecified atom stereocenters. The highest BCUT2D eigenvalue weighted by molar-refractivity contribution is 5.81. The van der Waals surface area contributed by atoms with Crippen molar-refractivity contribution in [1.29, 1.82) is 0 Å². The summed E-state index contributed by atoms with van der Waals surface area (Å²) in [7, 11) is 0. The topological polar surface area (TPSA) is 43.1 Å². The van der Waals surface area contributed by atoms with Crippen LogP contribution in [-0.4, -0.2) is 4.98 Å². The predicted octanol–water partition coefficient (Wildman–Crippen LogP) is 2.07. The van der Waals surface area contributed by atoms with E-state index in [0.29, 0.717) is 5.39 Å². The lowest BCUT2D eigenvalue weighted by Crippen LogP contribution is -2.10. The van der Waals surface area contributed by atoms with Gasteiger partial charge in [-0.1, -0.05) is 0 Å². The van der Waals surface area contributed by atoms with Crippen molar-refractivity contribution < 1.29 is 4.42 Å². The summed E-state index contributed by atoms with van der Waals surface area (Å²) in [4.78, 5) is 15.9. The molecule has 0 fully saturated rings. The standard InChI is InChI=1S/C12H11NO2/c14-12-11-9-4-2-1-3-8(9)7-13-10(11)5-6-15-12/h5-7H,1-4H2. The van der Waals surface area contributed by atoms with Crippen molar-refractivity contribution in [2.75, 3.05) is 0 Å². The van der Waals surface area contributed by atoms with Crippen LogP contribution in [-0.2, 0) is 12.8 Å². The van der Waals surface area contributed by atoms with Crippen LogP contribution in [0.15, 0.2) is 27.7 Å². The van der Waals surface area contributed by atoms with Crippen LogP contribution in [0.1, 0.15) is 24.0 Å². The molecule has 76 valence electrons. The molecule has 0 radical (unpaired) electrons. The van der Waals surface area contributed by atoms with Gasteiger partial charge in [0.1, 0.15) is 0 Å². The third kappa shape index (κ3) is 1.27. The SMILES string of the molecule is O=c1occc2ncc3c(c12)CCCC3. The molecule has 1 aliphatic carbocycles. The smallest absolute Gasteiger partial charge is 0.345 e. The van der Waals surface area contributed by atoms with Crippen molar-refractivity contribution in [2.45, 2.75) is 25.7 Å². The summed E-state index contributed by atoms with van der Waals surface area (Å²) in [6, 6.07) is 1.76. The molecule has 3 rings (SSSR count). The lowest BCUT2D eigenvalue weighted by Gasteiger charge is -2.15. The summed E-state index contributed by atoms with van der Waals surface area (Å²) in [6.07, 6.45) is 7.66. The van der Waals surface area contributed by atoms with Gasteiger partial charge in [-0.3, -0.25) is 4.98 Å². The molecule has 2 heterocycles. The predicted molar refractivity (Wildman–Crippen MR) is 56.9 cm³/mol. The van der Waals surface area contributed by atoms with E-state index in [4.69, 9.17) is 4.42 Å². The molecule has 0 N–H and O–H groups in total. The molecule has 3 heteroatoms. The first-order chi connectivity index (χ1) is 7.36. The lowest BCUT2D eigenvalue weighted by molar-refractivity contribution is 0.517. The molecule has 3 nitrogen and oxygen atoms in total. The quantitative estimate of drug-likeness (QED) is 0.655. The third-order valence-corrected chi connectivity index (χ3v) is 3.03. The molecule has 15 heavy (non-hydrogen) atoms. The molecule has 0 saturated heterocycles. The van der Waals surface area contributed by atoms with E-state index in [1.54, 1.807) is 6.07 Å². The second-order valence-corrected chi connectivity index (χ2v) is 3.94. The van der Waals surface area contributed by atoms with Crippen LogP contribution in [0.2, 0.25) is 0 Å². The molecule has 0 atom stereocenters. The van der Waals surface area contributed by atoms with Gasteiger partial charge < -0.3 is 4.42 Å². The Labute approximate surface area is 86.8 Å². The van der Waals surface area contributed by atoms with E-state index in [9.17, 15) is 4.79 Å². The van der Waals surface area contributed by atoms with E-state index < -0.39 is 0 Å². The Hall–Kier alpha value is -1.64. The second-order valence-electron chi connectivity index (χ2n) is 3.94. The summed E-state index contributed by atoms with van der Waals surface area (Å²) in [6.45, 7) is 0. The van der Waals surface area contributed by atoms with Gasteiger partial charge in [-0.05, 0) is 42.9 Å². The molecule has 0 aromatic carbocycles. The van der Waals surface area contributed by atoms with Gasteiger partial charge in [0.15, 0.2) is 0 Å². The zero-order valence-electron chi connectivity index (χ0n) is 8.32. The molecule has 1 aliphatic rings. The highest BCUT2D eigenvalue weighted by Gasteiger charge is 2.15. The average molecular weight is 201 g/mol. The van der Waals surface area contributed by atoms with Crippen LogP contribution in [0.3, 0.4) is 0 Å². The Morgan fingerprint density at radius 1 is 1.27 bits per heavy atom. The van der Waals surface area contributed by atoms with Crippen LogP contribution in [0.25, 0.3) is 10.9 Å². The Kier molecular flexibility index (Phi) is 1.84. The first kappa shape index (κ1) is 8.65. The monoisotopic (exact) mass is 201 g/mol. The number of aryl methyl sites for hydroxylation is 2. The highest BCUT2D eigenvalue weighted by Crippen LogP contribution is 2.25. The number of nitrogens with zero attached hydrogens (tertiary/aromatic N) is 1. The van der Waals surface area contributed by atoms with Crippen LogP contribution in [0.4, 0.5) is 0 Å². The molecule has 2 aromatic rings. The zero-order valence-corrected chi connectivity index (χ0v) is 8.32. The van der Waals surface area contributed by atoms with Crippen molar-refractivity contribution in [3.05, 3.63) is 40.1 Å². The van der Waals surface area contributed by atoms with Crippen LogP contribution < -0.4 is 5.63 Å². The number of pyridine rings is 1. The van der Waals surface area contributed by atoms with E-state index >= 15 is 0 Å². The van der Waals surface area contributed by atoms with Crippen LogP contribution >= 0.6 is 0 Å². The Morgan fingerprint density at radius 2 is 2.13 bits per heavy atom. The van der Waals surface area contributed by atoms with Gasteiger partial charge in [0, 0.05) is 6.20 Å². The fraction of sp³-hybridized carbons (Fsp3) is 0.333. The minimum absolute atomic E-state index is 0.251. The molecule has 2 aromatic heterocycles. The summed E-state index contributed by atoms with van der Waals surface area (Å²) >= 11 is 0. The van der Waals surface area contributed by atoms with Gasteiger partial charge in [0.25, 0.3) is 0 Å². The fourth-order valence-electron chi connectivity index (χ4n) is 2.30. The maximum Gasteiger partial charge on any atom is 0.345 e. The summed E-state index contributed by atoms with van der Waals surface area (Å²) in [5, 5.41) is 0.690. The average Bonchev–Trinajstić information content (AvgIpc) is 2.29. The summed E-state index contributed by atoms with van der Waals surface area (Å²) in [5.74, 6) is 0.